The van der Waals surface area contributed by atoms with Gasteiger partial charge in [0.1, 0.15) is 11.2 Å². The van der Waals surface area contributed by atoms with E-state index in [1.165, 1.54) is 66.8 Å². The van der Waals surface area contributed by atoms with Crippen molar-refractivity contribution >= 4 is 78.0 Å². The van der Waals surface area contributed by atoms with E-state index in [0.717, 1.165) is 100 Å². The maximum absolute atomic E-state index is 7.12. The van der Waals surface area contributed by atoms with Crippen LogP contribution in [0.1, 0.15) is 47.2 Å². The fourth-order valence-electron chi connectivity index (χ4n) is 15.3. The molecule has 2 heterocycles. The van der Waals surface area contributed by atoms with E-state index in [9.17, 15) is 0 Å². The van der Waals surface area contributed by atoms with E-state index in [2.05, 4.69) is 309 Å². The van der Waals surface area contributed by atoms with Crippen LogP contribution in [0.5, 0.6) is 0 Å². The van der Waals surface area contributed by atoms with Gasteiger partial charge in [-0.25, -0.2) is 0 Å². The standard InChI is InChI=1S/C82H54N2O2/c1-81(2)67-32-14-10-28-65(67)77-70(81)45-46-71-78(77)66-29-11-16-34-69(66)82(71)68-33-15-9-25-59(68)60-44-43-56(50-72(60)82)84(74-36-20-31-64-62-27-13-18-38-76(62)86-80(64)74)58-48-54(52-23-7-4-8-24-52)47-57(49-58)83(55-41-39-53(40-42-55)51-21-5-3-6-22-51)73-35-19-30-63-61-26-12-17-37-75(61)85-79(63)73/h3-50H,1-2H3. The Hall–Kier alpha value is -10.9. The lowest BCUT2D eigenvalue weighted by Crippen LogP contribution is -2.26. The SMILES string of the molecule is CC1(C)c2ccccc2-c2c1ccc1c2-c2ccccc2C12c1ccccc1-c1ccc(N(c3cc(-c4ccccc4)cc(N(c4ccc(-c5ccccc5)cc4)c4cccc5c4oc4ccccc45)c3)c3cccc4c3oc3ccccc34)cc12. The number of anilines is 6. The van der Waals surface area contributed by atoms with Crippen molar-refractivity contribution < 1.29 is 8.83 Å². The second kappa shape index (κ2) is 18.3. The topological polar surface area (TPSA) is 32.8 Å². The van der Waals surface area contributed by atoms with Crippen LogP contribution in [-0.4, -0.2) is 0 Å². The second-order valence-corrected chi connectivity index (χ2v) is 23.8. The molecule has 0 saturated heterocycles. The summed E-state index contributed by atoms with van der Waals surface area (Å²) in [7, 11) is 0. The van der Waals surface area contributed by atoms with Crippen LogP contribution in [0.2, 0.25) is 0 Å². The fraction of sp³-hybridized carbons (Fsp3) is 0.0488. The minimum absolute atomic E-state index is 0.157. The lowest BCUT2D eigenvalue weighted by atomic mass is 9.70. The predicted molar refractivity (Wildman–Crippen MR) is 355 cm³/mol. The van der Waals surface area contributed by atoms with Crippen LogP contribution in [0.4, 0.5) is 34.1 Å². The number of benzene rings is 13. The van der Waals surface area contributed by atoms with Gasteiger partial charge in [-0.1, -0.05) is 238 Å². The molecule has 0 amide bonds. The number of fused-ring (bicyclic) bond motifs is 20. The zero-order valence-electron chi connectivity index (χ0n) is 47.4. The first-order valence-electron chi connectivity index (χ1n) is 29.8. The van der Waals surface area contributed by atoms with Gasteiger partial charge in [0.25, 0.3) is 0 Å². The molecule has 0 N–H and O–H groups in total. The van der Waals surface area contributed by atoms with Gasteiger partial charge >= 0.3 is 0 Å². The first-order valence-corrected chi connectivity index (χ1v) is 29.8. The zero-order valence-corrected chi connectivity index (χ0v) is 47.4. The molecule has 1 unspecified atom stereocenters. The number of hydrogen-bond acceptors (Lipinski definition) is 4. The monoisotopic (exact) mass is 1100 g/mol. The van der Waals surface area contributed by atoms with Crippen molar-refractivity contribution in [2.24, 2.45) is 0 Å². The van der Waals surface area contributed by atoms with Crippen LogP contribution < -0.4 is 9.80 Å². The van der Waals surface area contributed by atoms with Crippen molar-refractivity contribution in [3.05, 3.63) is 325 Å². The Balaban J connectivity index is 0.924. The lowest BCUT2D eigenvalue weighted by molar-refractivity contribution is 0.660. The highest BCUT2D eigenvalue weighted by Crippen LogP contribution is 2.67. The van der Waals surface area contributed by atoms with E-state index in [0.29, 0.717) is 0 Å². The van der Waals surface area contributed by atoms with Crippen molar-refractivity contribution in [2.45, 2.75) is 24.7 Å². The summed E-state index contributed by atoms with van der Waals surface area (Å²) in [6, 6.07) is 107. The van der Waals surface area contributed by atoms with Crippen molar-refractivity contribution in [2.75, 3.05) is 9.80 Å². The van der Waals surface area contributed by atoms with E-state index in [4.69, 9.17) is 8.83 Å². The molecular formula is C82H54N2O2. The highest BCUT2D eigenvalue weighted by Gasteiger charge is 2.54. The molecule has 1 atom stereocenters. The van der Waals surface area contributed by atoms with Crippen LogP contribution in [0.15, 0.2) is 300 Å². The average Bonchev–Trinajstić information content (AvgIpc) is 1.53. The highest BCUT2D eigenvalue weighted by molar-refractivity contribution is 6.13. The molecule has 0 saturated carbocycles. The Labute approximate surface area is 498 Å². The molecule has 1 spiro atoms. The smallest absolute Gasteiger partial charge is 0.159 e. The molecule has 18 rings (SSSR count). The zero-order chi connectivity index (χ0) is 56.8. The summed E-state index contributed by atoms with van der Waals surface area (Å²) in [5.41, 5.74) is 28.5. The Bertz CT molecular complexity index is 5280. The average molecular weight is 1100 g/mol. The van der Waals surface area contributed by atoms with Crippen LogP contribution >= 0.6 is 0 Å². The van der Waals surface area contributed by atoms with Crippen molar-refractivity contribution in [3.8, 4) is 55.6 Å². The molecule has 4 heteroatoms. The van der Waals surface area contributed by atoms with E-state index >= 15 is 0 Å². The van der Waals surface area contributed by atoms with Gasteiger partial charge in [0.15, 0.2) is 11.2 Å². The maximum atomic E-state index is 7.12. The summed E-state index contributed by atoms with van der Waals surface area (Å²) < 4.78 is 14.1. The molecule has 15 aromatic rings. The molecule has 4 nitrogen and oxygen atoms in total. The quantitative estimate of drug-likeness (QED) is 0.152. The highest BCUT2D eigenvalue weighted by atomic mass is 16.3. The molecule has 2 aromatic heterocycles. The van der Waals surface area contributed by atoms with Gasteiger partial charge in [-0.3, -0.25) is 0 Å². The van der Waals surface area contributed by atoms with Gasteiger partial charge in [-0.15, -0.1) is 0 Å². The molecule has 13 aromatic carbocycles. The van der Waals surface area contributed by atoms with Crippen LogP contribution in [-0.2, 0) is 10.8 Å². The number of rotatable bonds is 8. The molecule has 0 aliphatic heterocycles. The van der Waals surface area contributed by atoms with E-state index in [-0.39, 0.29) is 5.41 Å². The number of hydrogen-bond donors (Lipinski definition) is 0. The molecule has 0 bridgehead atoms. The summed E-state index contributed by atoms with van der Waals surface area (Å²) in [4.78, 5) is 4.84. The van der Waals surface area contributed by atoms with E-state index < -0.39 is 5.41 Å². The van der Waals surface area contributed by atoms with Crippen molar-refractivity contribution in [3.63, 3.8) is 0 Å². The molecule has 86 heavy (non-hydrogen) atoms. The van der Waals surface area contributed by atoms with E-state index in [1.54, 1.807) is 0 Å². The predicted octanol–water partition coefficient (Wildman–Crippen LogP) is 22.4. The normalized spacial score (nSPS) is 14.8. The summed E-state index contributed by atoms with van der Waals surface area (Å²) in [5.74, 6) is 0. The van der Waals surface area contributed by atoms with E-state index in [1.807, 2.05) is 6.07 Å². The number of nitrogens with zero attached hydrogens (tertiary/aromatic N) is 2. The Morgan fingerprint density at radius 3 is 1.34 bits per heavy atom. The summed E-state index contributed by atoms with van der Waals surface area (Å²) in [5, 5.41) is 4.27. The minimum atomic E-state index is -0.632. The first-order chi connectivity index (χ1) is 42.4. The van der Waals surface area contributed by atoms with Gasteiger partial charge in [-0.05, 0) is 156 Å². The molecular weight excluding hydrogens is 1040 g/mol. The molecule has 3 aliphatic rings. The third-order valence-electron chi connectivity index (χ3n) is 19.0. The fourth-order valence-corrected chi connectivity index (χ4v) is 15.3. The maximum Gasteiger partial charge on any atom is 0.159 e. The number of furan rings is 2. The number of para-hydroxylation sites is 4. The van der Waals surface area contributed by atoms with Crippen LogP contribution in [0, 0.1) is 0 Å². The Kier molecular flexibility index (Phi) is 10.3. The van der Waals surface area contributed by atoms with Crippen molar-refractivity contribution in [1.29, 1.82) is 0 Å². The Morgan fingerprint density at radius 2 is 0.709 bits per heavy atom. The van der Waals surface area contributed by atoms with Gasteiger partial charge in [0, 0.05) is 49.7 Å². The van der Waals surface area contributed by atoms with Gasteiger partial charge in [0.2, 0.25) is 0 Å². The largest absolute Gasteiger partial charge is 0.454 e. The van der Waals surface area contributed by atoms with Crippen LogP contribution in [0.25, 0.3) is 99.5 Å². The minimum Gasteiger partial charge on any atom is -0.454 e. The third kappa shape index (κ3) is 6.81. The van der Waals surface area contributed by atoms with Gasteiger partial charge in [-0.2, -0.15) is 0 Å². The molecule has 404 valence electrons. The second-order valence-electron chi connectivity index (χ2n) is 23.8. The molecule has 0 radical (unpaired) electrons. The van der Waals surface area contributed by atoms with Crippen molar-refractivity contribution in [1.82, 2.24) is 0 Å². The first kappa shape index (κ1) is 48.6. The van der Waals surface area contributed by atoms with Gasteiger partial charge in [0.05, 0.1) is 16.8 Å². The molecule has 0 fully saturated rings. The Morgan fingerprint density at radius 1 is 0.267 bits per heavy atom. The van der Waals surface area contributed by atoms with Crippen LogP contribution in [0.3, 0.4) is 0 Å². The third-order valence-corrected chi connectivity index (χ3v) is 19.0. The molecule has 3 aliphatic carbocycles. The summed E-state index contributed by atoms with van der Waals surface area (Å²) in [6.07, 6.45) is 0. The summed E-state index contributed by atoms with van der Waals surface area (Å²) in [6.45, 7) is 4.78. The summed E-state index contributed by atoms with van der Waals surface area (Å²) >= 11 is 0. The van der Waals surface area contributed by atoms with Gasteiger partial charge < -0.3 is 18.6 Å². The lowest BCUT2D eigenvalue weighted by Gasteiger charge is -2.33.